The van der Waals surface area contributed by atoms with Crippen LogP contribution in [0.2, 0.25) is 0 Å². The number of rotatable bonds is 4. The highest BCUT2D eigenvalue weighted by molar-refractivity contribution is 9.10. The van der Waals surface area contributed by atoms with Gasteiger partial charge in [-0.1, -0.05) is 22.0 Å². The lowest BCUT2D eigenvalue weighted by atomic mass is 10.1. The number of nitrogens with one attached hydrogen (secondary N) is 1. The van der Waals surface area contributed by atoms with E-state index in [4.69, 9.17) is 5.11 Å². The molecule has 2 amide bonds. The van der Waals surface area contributed by atoms with Gasteiger partial charge in [0.2, 0.25) is 0 Å². The highest BCUT2D eigenvalue weighted by Gasteiger charge is 2.31. The topological polar surface area (TPSA) is 72.9 Å². The summed E-state index contributed by atoms with van der Waals surface area (Å²) in [7, 11) is 0. The Balaban J connectivity index is 1.45. The Morgan fingerprint density at radius 1 is 1.25 bits per heavy atom. The van der Waals surface area contributed by atoms with Gasteiger partial charge in [-0.3, -0.25) is 4.79 Å². The number of carboxylic acids is 1. The van der Waals surface area contributed by atoms with Crippen molar-refractivity contribution in [2.24, 2.45) is 11.8 Å². The van der Waals surface area contributed by atoms with Gasteiger partial charge < -0.3 is 20.2 Å². The second-order valence-corrected chi connectivity index (χ2v) is 7.45. The smallest absolute Gasteiger partial charge is 0.317 e. The molecule has 130 valence electrons. The maximum Gasteiger partial charge on any atom is 0.317 e. The van der Waals surface area contributed by atoms with Crippen LogP contribution in [0.1, 0.15) is 12.8 Å². The average molecular weight is 396 g/mol. The first-order valence-corrected chi connectivity index (χ1v) is 9.08. The second kappa shape index (κ2) is 7.42. The van der Waals surface area contributed by atoms with E-state index in [0.29, 0.717) is 32.0 Å². The van der Waals surface area contributed by atoms with E-state index in [9.17, 15) is 9.59 Å². The number of aliphatic carboxylic acids is 1. The van der Waals surface area contributed by atoms with Crippen molar-refractivity contribution in [2.75, 3.05) is 37.6 Å². The van der Waals surface area contributed by atoms with E-state index in [-0.39, 0.29) is 6.03 Å². The first-order chi connectivity index (χ1) is 11.5. The summed E-state index contributed by atoms with van der Waals surface area (Å²) in [6.07, 6.45) is 1.59. The fourth-order valence-electron chi connectivity index (χ4n) is 3.40. The van der Waals surface area contributed by atoms with E-state index in [1.54, 1.807) is 4.90 Å². The standard InChI is InChI=1S/C17H22BrN3O3/c18-14-2-1-3-15(8-14)20-6-4-12(10-20)9-19-17(24)21-7-5-13(11-21)16(22)23/h1-3,8,12-13H,4-7,9-11H2,(H,19,24)(H,22,23). The molecule has 2 saturated heterocycles. The minimum Gasteiger partial charge on any atom is -0.481 e. The van der Waals surface area contributed by atoms with Crippen molar-refractivity contribution in [2.45, 2.75) is 12.8 Å². The van der Waals surface area contributed by atoms with Gasteiger partial charge >= 0.3 is 12.0 Å². The molecule has 24 heavy (non-hydrogen) atoms. The summed E-state index contributed by atoms with van der Waals surface area (Å²) >= 11 is 3.50. The van der Waals surface area contributed by atoms with Crippen LogP contribution in [-0.4, -0.2) is 54.7 Å². The summed E-state index contributed by atoms with van der Waals surface area (Å²) in [5.41, 5.74) is 1.20. The number of anilines is 1. The number of urea groups is 1. The van der Waals surface area contributed by atoms with Gasteiger partial charge in [0.05, 0.1) is 5.92 Å². The molecule has 2 aliphatic heterocycles. The molecule has 1 aromatic rings. The second-order valence-electron chi connectivity index (χ2n) is 6.54. The van der Waals surface area contributed by atoms with E-state index in [1.807, 2.05) is 12.1 Å². The number of carboxylic acid groups (broad SMARTS) is 1. The third kappa shape index (κ3) is 4.01. The third-order valence-corrected chi connectivity index (χ3v) is 5.32. The van der Waals surface area contributed by atoms with Gasteiger partial charge in [-0.15, -0.1) is 0 Å². The summed E-state index contributed by atoms with van der Waals surface area (Å²) in [5.74, 6) is -0.814. The van der Waals surface area contributed by atoms with Crippen LogP contribution in [0.5, 0.6) is 0 Å². The summed E-state index contributed by atoms with van der Waals surface area (Å²) < 4.78 is 1.07. The van der Waals surface area contributed by atoms with Gasteiger partial charge in [0.25, 0.3) is 0 Å². The number of hydrogen-bond acceptors (Lipinski definition) is 3. The number of likely N-dealkylation sites (tertiary alicyclic amines) is 1. The summed E-state index contributed by atoms with van der Waals surface area (Å²) in [4.78, 5) is 27.1. The van der Waals surface area contributed by atoms with Crippen LogP contribution in [0.15, 0.2) is 28.7 Å². The zero-order valence-corrected chi connectivity index (χ0v) is 15.0. The number of carbonyl (C=O) groups is 2. The normalized spacial score (nSPS) is 23.5. The lowest BCUT2D eigenvalue weighted by molar-refractivity contribution is -0.141. The van der Waals surface area contributed by atoms with Crippen molar-refractivity contribution in [3.63, 3.8) is 0 Å². The fraction of sp³-hybridized carbons (Fsp3) is 0.529. The van der Waals surface area contributed by atoms with E-state index < -0.39 is 11.9 Å². The minimum atomic E-state index is -0.814. The van der Waals surface area contributed by atoms with Crippen molar-refractivity contribution < 1.29 is 14.7 Å². The zero-order valence-electron chi connectivity index (χ0n) is 13.4. The SMILES string of the molecule is O=C(O)C1CCN(C(=O)NCC2CCN(c3cccc(Br)c3)C2)C1. The Kier molecular flexibility index (Phi) is 5.28. The summed E-state index contributed by atoms with van der Waals surface area (Å²) in [6, 6.07) is 8.11. The van der Waals surface area contributed by atoms with Crippen LogP contribution in [0.3, 0.4) is 0 Å². The first kappa shape index (κ1) is 17.1. The fourth-order valence-corrected chi connectivity index (χ4v) is 3.78. The van der Waals surface area contributed by atoms with Crippen LogP contribution in [0.25, 0.3) is 0 Å². The molecule has 0 aliphatic carbocycles. The highest BCUT2D eigenvalue weighted by Crippen LogP contribution is 2.26. The van der Waals surface area contributed by atoms with Gasteiger partial charge in [0.1, 0.15) is 0 Å². The van der Waals surface area contributed by atoms with Crippen molar-refractivity contribution in [1.29, 1.82) is 0 Å². The van der Waals surface area contributed by atoms with Crippen molar-refractivity contribution in [1.82, 2.24) is 10.2 Å². The molecule has 1 aromatic carbocycles. The largest absolute Gasteiger partial charge is 0.481 e. The molecule has 0 radical (unpaired) electrons. The van der Waals surface area contributed by atoms with E-state index in [2.05, 4.69) is 38.3 Å². The molecule has 6 nitrogen and oxygen atoms in total. The van der Waals surface area contributed by atoms with E-state index in [1.165, 1.54) is 5.69 Å². The van der Waals surface area contributed by atoms with Gasteiger partial charge in [-0.05, 0) is 37.0 Å². The molecule has 2 atom stereocenters. The van der Waals surface area contributed by atoms with Gasteiger partial charge in [0.15, 0.2) is 0 Å². The molecule has 2 aliphatic rings. The van der Waals surface area contributed by atoms with Gasteiger partial charge in [-0.25, -0.2) is 4.79 Å². The van der Waals surface area contributed by atoms with Crippen molar-refractivity contribution in [3.05, 3.63) is 28.7 Å². The molecule has 0 spiro atoms. The number of halogens is 1. The predicted octanol–water partition coefficient (Wildman–Crippen LogP) is 2.39. The number of benzene rings is 1. The minimum absolute atomic E-state index is 0.139. The Morgan fingerprint density at radius 3 is 2.79 bits per heavy atom. The molecule has 2 heterocycles. The summed E-state index contributed by atoms with van der Waals surface area (Å²) in [6.45, 7) is 3.39. The molecule has 7 heteroatoms. The lowest BCUT2D eigenvalue weighted by Gasteiger charge is -2.20. The van der Waals surface area contributed by atoms with E-state index in [0.717, 1.165) is 24.0 Å². The third-order valence-electron chi connectivity index (χ3n) is 4.83. The molecular formula is C17H22BrN3O3. The number of amides is 2. The molecule has 2 fully saturated rings. The highest BCUT2D eigenvalue weighted by atomic mass is 79.9. The van der Waals surface area contributed by atoms with Crippen LogP contribution in [-0.2, 0) is 4.79 Å². The Bertz CT molecular complexity index is 625. The van der Waals surface area contributed by atoms with Gasteiger partial charge in [0, 0.05) is 42.9 Å². The van der Waals surface area contributed by atoms with E-state index >= 15 is 0 Å². The quantitative estimate of drug-likeness (QED) is 0.820. The number of nitrogens with zero attached hydrogens (tertiary/aromatic N) is 2. The monoisotopic (exact) mass is 395 g/mol. The average Bonchev–Trinajstić information content (AvgIpc) is 3.22. The number of hydrogen-bond donors (Lipinski definition) is 2. The maximum absolute atomic E-state index is 12.2. The molecule has 2 N–H and O–H groups in total. The molecule has 0 bridgehead atoms. The lowest BCUT2D eigenvalue weighted by Crippen LogP contribution is -2.41. The predicted molar refractivity (Wildman–Crippen MR) is 95.2 cm³/mol. The summed E-state index contributed by atoms with van der Waals surface area (Å²) in [5, 5.41) is 12.0. The maximum atomic E-state index is 12.2. The first-order valence-electron chi connectivity index (χ1n) is 8.29. The molecule has 3 rings (SSSR count). The van der Waals surface area contributed by atoms with Crippen LogP contribution < -0.4 is 10.2 Å². The van der Waals surface area contributed by atoms with Crippen LogP contribution >= 0.6 is 15.9 Å². The van der Waals surface area contributed by atoms with Crippen LogP contribution in [0, 0.1) is 11.8 Å². The number of carbonyl (C=O) groups excluding carboxylic acids is 1. The van der Waals surface area contributed by atoms with Gasteiger partial charge in [-0.2, -0.15) is 0 Å². The molecule has 2 unspecified atom stereocenters. The van der Waals surface area contributed by atoms with Crippen molar-refractivity contribution in [3.8, 4) is 0 Å². The molecule has 0 saturated carbocycles. The Hall–Kier alpha value is -1.76. The zero-order chi connectivity index (χ0) is 17.1. The van der Waals surface area contributed by atoms with Crippen molar-refractivity contribution >= 4 is 33.6 Å². The van der Waals surface area contributed by atoms with Crippen LogP contribution in [0.4, 0.5) is 10.5 Å². The Labute approximate surface area is 149 Å². The molecular weight excluding hydrogens is 374 g/mol. The Morgan fingerprint density at radius 2 is 2.08 bits per heavy atom. The molecule has 0 aromatic heterocycles.